The molecule has 0 amide bonds. The van der Waals surface area contributed by atoms with E-state index in [1.165, 1.54) is 6.07 Å². The minimum Gasteiger partial charge on any atom is -0.383 e. The van der Waals surface area contributed by atoms with Crippen LogP contribution in [0.1, 0.15) is 26.3 Å². The highest BCUT2D eigenvalue weighted by atomic mass is 19.2. The van der Waals surface area contributed by atoms with E-state index in [0.29, 0.717) is 5.56 Å². The maximum absolute atomic E-state index is 13.1. The van der Waals surface area contributed by atoms with Crippen LogP contribution in [0.25, 0.3) is 0 Å². The summed E-state index contributed by atoms with van der Waals surface area (Å²) in [6.07, 6.45) is 0. The molecule has 16 heavy (non-hydrogen) atoms. The molecule has 0 saturated carbocycles. The Labute approximate surface area is 94.1 Å². The lowest BCUT2D eigenvalue weighted by Crippen LogP contribution is -2.46. The van der Waals surface area contributed by atoms with Gasteiger partial charge in [0.25, 0.3) is 0 Å². The third kappa shape index (κ3) is 2.08. The first-order valence-electron chi connectivity index (χ1n) is 5.10. The number of hydrogen-bond acceptors (Lipinski definition) is 2. The van der Waals surface area contributed by atoms with Gasteiger partial charge in [0, 0.05) is 6.54 Å². The molecule has 0 aromatic heterocycles. The summed E-state index contributed by atoms with van der Waals surface area (Å²) in [5.41, 5.74) is 3.90. The highest BCUT2D eigenvalue weighted by Crippen LogP contribution is 2.38. The molecule has 1 unspecified atom stereocenters. The van der Waals surface area contributed by atoms with Crippen LogP contribution in [0.3, 0.4) is 0 Å². The van der Waals surface area contributed by atoms with Crippen molar-refractivity contribution in [1.82, 2.24) is 0 Å². The summed E-state index contributed by atoms with van der Waals surface area (Å²) in [7, 11) is 0. The van der Waals surface area contributed by atoms with E-state index in [2.05, 4.69) is 0 Å². The average molecular weight is 229 g/mol. The molecule has 0 radical (unpaired) electrons. The van der Waals surface area contributed by atoms with E-state index in [0.717, 1.165) is 12.1 Å². The van der Waals surface area contributed by atoms with E-state index in [-0.39, 0.29) is 6.54 Å². The molecule has 0 aliphatic carbocycles. The zero-order valence-electron chi connectivity index (χ0n) is 9.72. The summed E-state index contributed by atoms with van der Waals surface area (Å²) in [4.78, 5) is 0. The van der Waals surface area contributed by atoms with Crippen molar-refractivity contribution < 1.29 is 13.9 Å². The van der Waals surface area contributed by atoms with E-state index in [1.807, 2.05) is 0 Å². The molecule has 1 aromatic carbocycles. The predicted octanol–water partition coefficient (Wildman–Crippen LogP) is 2.16. The number of benzene rings is 1. The van der Waals surface area contributed by atoms with Crippen LogP contribution in [0.15, 0.2) is 18.2 Å². The summed E-state index contributed by atoms with van der Waals surface area (Å²) >= 11 is 0. The Morgan fingerprint density at radius 1 is 1.19 bits per heavy atom. The number of rotatable bonds is 2. The Kier molecular flexibility index (Phi) is 3.35. The van der Waals surface area contributed by atoms with Crippen molar-refractivity contribution in [1.29, 1.82) is 0 Å². The van der Waals surface area contributed by atoms with Gasteiger partial charge in [0.15, 0.2) is 11.6 Å². The van der Waals surface area contributed by atoms with Crippen LogP contribution in [0, 0.1) is 17.0 Å². The largest absolute Gasteiger partial charge is 0.383 e. The third-order valence-corrected chi connectivity index (χ3v) is 2.93. The average Bonchev–Trinajstić information content (AvgIpc) is 2.19. The van der Waals surface area contributed by atoms with Gasteiger partial charge in [0.1, 0.15) is 5.60 Å². The van der Waals surface area contributed by atoms with E-state index in [1.54, 1.807) is 20.8 Å². The minimum atomic E-state index is -1.37. The molecule has 3 N–H and O–H groups in total. The monoisotopic (exact) mass is 229 g/mol. The fourth-order valence-corrected chi connectivity index (χ4v) is 1.61. The van der Waals surface area contributed by atoms with Gasteiger partial charge in [-0.05, 0) is 23.1 Å². The van der Waals surface area contributed by atoms with Crippen molar-refractivity contribution in [3.63, 3.8) is 0 Å². The Bertz CT molecular complexity index is 387. The van der Waals surface area contributed by atoms with Gasteiger partial charge in [0.2, 0.25) is 0 Å². The Morgan fingerprint density at radius 3 is 2.12 bits per heavy atom. The van der Waals surface area contributed by atoms with Crippen LogP contribution in [0.2, 0.25) is 0 Å². The van der Waals surface area contributed by atoms with E-state index >= 15 is 0 Å². The lowest BCUT2D eigenvalue weighted by molar-refractivity contribution is -0.0560. The lowest BCUT2D eigenvalue weighted by atomic mass is 9.72. The van der Waals surface area contributed by atoms with Gasteiger partial charge in [-0.1, -0.05) is 26.8 Å². The Balaban J connectivity index is 3.29. The van der Waals surface area contributed by atoms with Crippen LogP contribution in [0.4, 0.5) is 8.78 Å². The normalized spacial score (nSPS) is 15.9. The van der Waals surface area contributed by atoms with Gasteiger partial charge in [-0.15, -0.1) is 0 Å². The molecule has 4 heteroatoms. The SMILES string of the molecule is CC(C)(C)C(O)(CN)c1ccc(F)c(F)c1. The van der Waals surface area contributed by atoms with Crippen molar-refractivity contribution in [2.75, 3.05) is 6.54 Å². The molecule has 0 saturated heterocycles. The second-order valence-corrected chi connectivity index (χ2v) is 4.94. The molecule has 1 aromatic rings. The maximum atomic E-state index is 13.1. The molecular formula is C12H17F2NO. The summed E-state index contributed by atoms with van der Waals surface area (Å²) in [6.45, 7) is 5.32. The second-order valence-electron chi connectivity index (χ2n) is 4.94. The summed E-state index contributed by atoms with van der Waals surface area (Å²) < 4.78 is 25.9. The van der Waals surface area contributed by atoms with Crippen molar-refractivity contribution in [3.8, 4) is 0 Å². The number of aliphatic hydroxyl groups is 1. The van der Waals surface area contributed by atoms with Gasteiger partial charge in [0.05, 0.1) is 0 Å². The first-order valence-corrected chi connectivity index (χ1v) is 5.10. The van der Waals surface area contributed by atoms with Gasteiger partial charge in [-0.3, -0.25) is 0 Å². The predicted molar refractivity (Wildman–Crippen MR) is 58.8 cm³/mol. The molecule has 0 spiro atoms. The summed E-state index contributed by atoms with van der Waals surface area (Å²) in [6, 6.07) is 3.35. The van der Waals surface area contributed by atoms with Crippen molar-refractivity contribution in [2.24, 2.45) is 11.1 Å². The lowest BCUT2D eigenvalue weighted by Gasteiger charge is -2.39. The smallest absolute Gasteiger partial charge is 0.159 e. The molecule has 0 aliphatic rings. The second kappa shape index (κ2) is 4.11. The highest BCUT2D eigenvalue weighted by Gasteiger charge is 2.40. The standard InChI is InChI=1S/C12H17F2NO/c1-11(2,3)12(16,7-15)8-4-5-9(13)10(14)6-8/h4-6,16H,7,15H2,1-3H3. The van der Waals surface area contributed by atoms with Gasteiger partial charge in [-0.25, -0.2) is 8.78 Å². The van der Waals surface area contributed by atoms with Crippen LogP contribution in [-0.2, 0) is 5.60 Å². The molecule has 0 bridgehead atoms. The van der Waals surface area contributed by atoms with Crippen LogP contribution < -0.4 is 5.73 Å². The zero-order valence-corrected chi connectivity index (χ0v) is 9.72. The van der Waals surface area contributed by atoms with Crippen molar-refractivity contribution in [3.05, 3.63) is 35.4 Å². The minimum absolute atomic E-state index is 0.0540. The highest BCUT2D eigenvalue weighted by molar-refractivity contribution is 5.26. The van der Waals surface area contributed by atoms with Crippen molar-refractivity contribution in [2.45, 2.75) is 26.4 Å². The molecule has 90 valence electrons. The van der Waals surface area contributed by atoms with Gasteiger partial charge < -0.3 is 10.8 Å². The molecule has 0 aliphatic heterocycles. The first kappa shape index (κ1) is 13.1. The number of hydrogen-bond donors (Lipinski definition) is 2. The fraction of sp³-hybridized carbons (Fsp3) is 0.500. The van der Waals surface area contributed by atoms with E-state index < -0.39 is 22.7 Å². The molecule has 0 fully saturated rings. The third-order valence-electron chi connectivity index (χ3n) is 2.93. The molecule has 1 atom stereocenters. The van der Waals surface area contributed by atoms with Crippen LogP contribution in [0.5, 0.6) is 0 Å². The number of halogens is 2. The quantitative estimate of drug-likeness (QED) is 0.816. The molecule has 0 heterocycles. The Hall–Kier alpha value is -1.00. The molecular weight excluding hydrogens is 212 g/mol. The topological polar surface area (TPSA) is 46.2 Å². The van der Waals surface area contributed by atoms with Crippen molar-refractivity contribution >= 4 is 0 Å². The Morgan fingerprint density at radius 2 is 1.75 bits per heavy atom. The summed E-state index contributed by atoms with van der Waals surface area (Å²) in [5, 5.41) is 10.4. The van der Waals surface area contributed by atoms with E-state index in [9.17, 15) is 13.9 Å². The number of nitrogens with two attached hydrogens (primary N) is 1. The maximum Gasteiger partial charge on any atom is 0.159 e. The zero-order chi connectivity index (χ0) is 12.6. The van der Waals surface area contributed by atoms with Crippen LogP contribution >= 0.6 is 0 Å². The van der Waals surface area contributed by atoms with Crippen LogP contribution in [-0.4, -0.2) is 11.7 Å². The van der Waals surface area contributed by atoms with E-state index in [4.69, 9.17) is 5.73 Å². The first-order chi connectivity index (χ1) is 7.22. The summed E-state index contributed by atoms with van der Waals surface area (Å²) in [5.74, 6) is -1.91. The molecule has 2 nitrogen and oxygen atoms in total. The van der Waals surface area contributed by atoms with Gasteiger partial charge in [-0.2, -0.15) is 0 Å². The fourth-order valence-electron chi connectivity index (χ4n) is 1.61. The molecule has 1 rings (SSSR count). The van der Waals surface area contributed by atoms with Gasteiger partial charge >= 0.3 is 0 Å².